The van der Waals surface area contributed by atoms with Gasteiger partial charge in [-0.05, 0) is 81.1 Å². The Bertz CT molecular complexity index is 1650. The van der Waals surface area contributed by atoms with E-state index in [1.165, 1.54) is 46.8 Å². The number of hydrogen-bond acceptors (Lipinski definition) is 7. The summed E-state index contributed by atoms with van der Waals surface area (Å²) >= 11 is 0. The first-order valence-corrected chi connectivity index (χ1v) is 16.1. The molecule has 0 aliphatic carbocycles. The van der Waals surface area contributed by atoms with Crippen LogP contribution >= 0.6 is 0 Å². The largest absolute Gasteiger partial charge is 0.297 e. The molecular formula is C26H29NO8S3. The molecule has 12 heteroatoms. The monoisotopic (exact) mass is 579 g/mol. The summed E-state index contributed by atoms with van der Waals surface area (Å²) in [6.07, 6.45) is -0.812. The van der Waals surface area contributed by atoms with E-state index in [1.807, 2.05) is 13.8 Å². The molecule has 1 aliphatic rings. The van der Waals surface area contributed by atoms with Crippen LogP contribution in [-0.2, 0) is 40.9 Å². The van der Waals surface area contributed by atoms with Gasteiger partial charge in [0.15, 0.2) is 0 Å². The maximum atomic E-state index is 13.7. The molecule has 204 valence electrons. The lowest BCUT2D eigenvalue weighted by Crippen LogP contribution is -2.37. The van der Waals surface area contributed by atoms with Gasteiger partial charge in [-0.1, -0.05) is 41.5 Å². The fourth-order valence-corrected chi connectivity index (χ4v) is 7.74. The van der Waals surface area contributed by atoms with Crippen LogP contribution in [-0.4, -0.2) is 52.8 Å². The first-order valence-electron chi connectivity index (χ1n) is 11.8. The Hall–Kier alpha value is -2.61. The Morgan fingerprint density at radius 3 is 1.87 bits per heavy atom. The summed E-state index contributed by atoms with van der Waals surface area (Å²) in [6.45, 7) is 5.20. The van der Waals surface area contributed by atoms with Gasteiger partial charge in [0, 0.05) is 12.6 Å². The van der Waals surface area contributed by atoms with Crippen LogP contribution in [0.5, 0.6) is 0 Å². The van der Waals surface area contributed by atoms with E-state index in [0.29, 0.717) is 11.1 Å². The predicted molar refractivity (Wildman–Crippen MR) is 141 cm³/mol. The fraction of sp³-hybridized carbons (Fsp3) is 0.308. The summed E-state index contributed by atoms with van der Waals surface area (Å²) in [5.74, 6) is 0. The van der Waals surface area contributed by atoms with Crippen molar-refractivity contribution in [2.24, 2.45) is 0 Å². The average molecular weight is 580 g/mol. The molecule has 1 saturated heterocycles. The van der Waals surface area contributed by atoms with Crippen LogP contribution in [0, 0.1) is 20.8 Å². The molecule has 0 aromatic heterocycles. The van der Waals surface area contributed by atoms with E-state index in [9.17, 15) is 29.8 Å². The highest BCUT2D eigenvalue weighted by Crippen LogP contribution is 2.33. The molecule has 1 fully saturated rings. The summed E-state index contributed by atoms with van der Waals surface area (Å²) in [4.78, 5) is -0.284. The van der Waals surface area contributed by atoms with Crippen molar-refractivity contribution in [1.29, 1.82) is 0 Å². The zero-order chi connectivity index (χ0) is 27.9. The Morgan fingerprint density at radius 1 is 0.789 bits per heavy atom. The topological polar surface area (TPSA) is 135 Å². The van der Waals surface area contributed by atoms with Crippen LogP contribution in [0.1, 0.15) is 28.7 Å². The number of benzene rings is 3. The second-order valence-electron chi connectivity index (χ2n) is 9.53. The molecule has 1 N–H and O–H groups in total. The second-order valence-corrected chi connectivity index (χ2v) is 14.4. The van der Waals surface area contributed by atoms with Gasteiger partial charge >= 0.3 is 0 Å². The van der Waals surface area contributed by atoms with E-state index in [0.717, 1.165) is 11.1 Å². The summed E-state index contributed by atoms with van der Waals surface area (Å²) in [6, 6.07) is 15.9. The summed E-state index contributed by atoms with van der Waals surface area (Å²) in [5, 5.41) is 0. The first kappa shape index (κ1) is 28.4. The number of hydrogen-bond donors (Lipinski definition) is 1. The van der Waals surface area contributed by atoms with Crippen molar-refractivity contribution < 1.29 is 34.0 Å². The maximum absolute atomic E-state index is 13.7. The third kappa shape index (κ3) is 6.16. The van der Waals surface area contributed by atoms with Gasteiger partial charge in [0.1, 0.15) is 0 Å². The molecule has 2 unspecified atom stereocenters. The van der Waals surface area contributed by atoms with Crippen LogP contribution in [0.3, 0.4) is 0 Å². The normalized spacial score (nSPS) is 19.1. The molecule has 4 rings (SSSR count). The fourth-order valence-electron chi connectivity index (χ4n) is 4.46. The van der Waals surface area contributed by atoms with Gasteiger partial charge < -0.3 is 0 Å². The molecule has 0 bridgehead atoms. The van der Waals surface area contributed by atoms with E-state index in [1.54, 1.807) is 31.2 Å². The van der Waals surface area contributed by atoms with Crippen molar-refractivity contribution in [3.05, 3.63) is 89.0 Å². The number of aryl methyl sites for hydroxylation is 3. The lowest BCUT2D eigenvalue weighted by Gasteiger charge is -2.24. The van der Waals surface area contributed by atoms with Gasteiger partial charge in [0.2, 0.25) is 10.0 Å². The van der Waals surface area contributed by atoms with Crippen LogP contribution in [0.15, 0.2) is 81.4 Å². The Labute approximate surface area is 224 Å². The quantitative estimate of drug-likeness (QED) is 0.316. The van der Waals surface area contributed by atoms with Gasteiger partial charge in [-0.2, -0.15) is 21.1 Å². The molecule has 1 heterocycles. The first-order chi connectivity index (χ1) is 17.7. The molecule has 0 radical (unpaired) electrons. The van der Waals surface area contributed by atoms with Crippen molar-refractivity contribution in [2.75, 3.05) is 6.54 Å². The lowest BCUT2D eigenvalue weighted by molar-refractivity contribution is 0.222. The second kappa shape index (κ2) is 10.5. The molecule has 0 amide bonds. The highest BCUT2D eigenvalue weighted by molar-refractivity contribution is 7.89. The van der Waals surface area contributed by atoms with Gasteiger partial charge in [0.25, 0.3) is 20.2 Å². The number of rotatable bonds is 8. The maximum Gasteiger partial charge on any atom is 0.297 e. The van der Waals surface area contributed by atoms with Crippen molar-refractivity contribution >= 4 is 30.3 Å². The molecule has 2 atom stereocenters. The smallest absolute Gasteiger partial charge is 0.282 e. The van der Waals surface area contributed by atoms with Crippen molar-refractivity contribution in [1.82, 2.24) is 4.31 Å². The van der Waals surface area contributed by atoms with Crippen molar-refractivity contribution in [3.8, 4) is 0 Å². The van der Waals surface area contributed by atoms with Crippen LogP contribution in [0.25, 0.3) is 0 Å². The van der Waals surface area contributed by atoms with Gasteiger partial charge in [-0.3, -0.25) is 8.74 Å². The summed E-state index contributed by atoms with van der Waals surface area (Å²) in [7, 11) is -12.7. The van der Waals surface area contributed by atoms with Crippen LogP contribution in [0.2, 0.25) is 0 Å². The van der Waals surface area contributed by atoms with Crippen LogP contribution in [0.4, 0.5) is 0 Å². The molecule has 1 aliphatic heterocycles. The van der Waals surface area contributed by atoms with E-state index < -0.39 is 42.4 Å². The average Bonchev–Trinajstić information content (AvgIpc) is 3.22. The van der Waals surface area contributed by atoms with E-state index in [-0.39, 0.29) is 34.1 Å². The Morgan fingerprint density at radius 2 is 1.32 bits per heavy atom. The Kier molecular flexibility index (Phi) is 7.86. The van der Waals surface area contributed by atoms with Crippen molar-refractivity contribution in [2.45, 2.75) is 60.4 Å². The standard InChI is InChI=1S/C26H29NO8S3/c1-18-4-9-24(10-5-18)36(28,29)27-17-23(35-38(33,34)25-11-6-19(2)7-12-25)16-22(27)14-21-15-26(37(30,31)32)13-8-20(21)3/h4-13,15,22-23H,14,16-17H2,1-3H3,(H,30,31,32). The SMILES string of the molecule is Cc1ccc(S(=O)(=O)OC2CC(Cc3cc(S(=O)(=O)O)ccc3C)N(S(=O)(=O)c3ccc(C)cc3)C2)cc1. The molecule has 3 aromatic rings. The molecular weight excluding hydrogens is 550 g/mol. The summed E-state index contributed by atoms with van der Waals surface area (Å²) in [5.41, 5.74) is 2.96. The van der Waals surface area contributed by atoms with Gasteiger partial charge in [-0.15, -0.1) is 0 Å². The lowest BCUT2D eigenvalue weighted by atomic mass is 10.00. The van der Waals surface area contributed by atoms with Crippen molar-refractivity contribution in [3.63, 3.8) is 0 Å². The zero-order valence-corrected chi connectivity index (χ0v) is 23.6. The summed E-state index contributed by atoms with van der Waals surface area (Å²) < 4.78 is 92.8. The van der Waals surface area contributed by atoms with E-state index >= 15 is 0 Å². The highest BCUT2D eigenvalue weighted by atomic mass is 32.2. The molecule has 0 spiro atoms. The molecule has 0 saturated carbocycles. The molecule has 3 aromatic carbocycles. The minimum Gasteiger partial charge on any atom is -0.282 e. The van der Waals surface area contributed by atoms with E-state index in [2.05, 4.69) is 0 Å². The molecule has 9 nitrogen and oxygen atoms in total. The predicted octanol–water partition coefficient (Wildman–Crippen LogP) is 3.64. The minimum atomic E-state index is -4.47. The Balaban J connectivity index is 1.69. The number of nitrogens with zero attached hydrogens (tertiary/aromatic N) is 1. The molecule has 38 heavy (non-hydrogen) atoms. The third-order valence-corrected chi connectivity index (χ3v) is 10.8. The van der Waals surface area contributed by atoms with E-state index in [4.69, 9.17) is 4.18 Å². The zero-order valence-electron chi connectivity index (χ0n) is 21.1. The van der Waals surface area contributed by atoms with Crippen LogP contribution < -0.4 is 0 Å². The number of sulfonamides is 1. The van der Waals surface area contributed by atoms with Gasteiger partial charge in [-0.25, -0.2) is 8.42 Å². The highest BCUT2D eigenvalue weighted by Gasteiger charge is 2.42. The third-order valence-electron chi connectivity index (χ3n) is 6.60. The van der Waals surface area contributed by atoms with Gasteiger partial charge in [0.05, 0.1) is 20.8 Å². The minimum absolute atomic E-state index is 0.0313.